The number of unbranched alkanes of at least 4 members (excludes halogenated alkanes) is 2. The van der Waals surface area contributed by atoms with Gasteiger partial charge in [0.05, 0.1) is 35.5 Å². The fourth-order valence-corrected chi connectivity index (χ4v) is 2.15. The van der Waals surface area contributed by atoms with Crippen LogP contribution in [0.2, 0.25) is 0 Å². The Hall–Kier alpha value is -2.90. The maximum absolute atomic E-state index is 12.4. The standard InChI is InChI=1S/C18H22O8/c1-3-5-9-25-17(23)12-8-7-11(15(19)20)13(16(21)22)14(12)18(24)26-10-6-4-2/h7-8H,3-6,9-10H2,1-2H3,(H,19,20)(H,21,22). The molecule has 0 heterocycles. The zero-order valence-corrected chi connectivity index (χ0v) is 14.7. The minimum atomic E-state index is -1.65. The fourth-order valence-electron chi connectivity index (χ4n) is 2.15. The lowest BCUT2D eigenvalue weighted by molar-refractivity contribution is 0.0446. The second kappa shape index (κ2) is 10.2. The summed E-state index contributed by atoms with van der Waals surface area (Å²) in [6.45, 7) is 3.89. The molecule has 142 valence electrons. The summed E-state index contributed by atoms with van der Waals surface area (Å²) in [6.07, 6.45) is 2.65. The summed E-state index contributed by atoms with van der Waals surface area (Å²) < 4.78 is 10.0. The largest absolute Gasteiger partial charge is 0.478 e. The van der Waals surface area contributed by atoms with Gasteiger partial charge in [0.2, 0.25) is 0 Å². The molecule has 0 amide bonds. The molecule has 1 aromatic carbocycles. The maximum Gasteiger partial charge on any atom is 0.339 e. The lowest BCUT2D eigenvalue weighted by Gasteiger charge is -2.14. The molecule has 0 unspecified atom stereocenters. The number of carboxylic acid groups (broad SMARTS) is 2. The number of aromatic carboxylic acids is 2. The number of rotatable bonds is 10. The van der Waals surface area contributed by atoms with Crippen molar-refractivity contribution in [1.82, 2.24) is 0 Å². The van der Waals surface area contributed by atoms with Crippen molar-refractivity contribution < 1.29 is 38.9 Å². The molecule has 0 aliphatic carbocycles. The van der Waals surface area contributed by atoms with Gasteiger partial charge in [-0.1, -0.05) is 26.7 Å². The fraction of sp³-hybridized carbons (Fsp3) is 0.444. The molecular formula is C18H22O8. The highest BCUT2D eigenvalue weighted by Crippen LogP contribution is 2.23. The van der Waals surface area contributed by atoms with Crippen LogP contribution in [0.25, 0.3) is 0 Å². The average Bonchev–Trinajstić information content (AvgIpc) is 2.60. The Kier molecular flexibility index (Phi) is 8.27. The SMILES string of the molecule is CCCCOC(=O)c1ccc(C(=O)O)c(C(=O)O)c1C(=O)OCCCC. The molecule has 0 aliphatic rings. The quantitative estimate of drug-likeness (QED) is 0.478. The maximum atomic E-state index is 12.4. The molecule has 0 aliphatic heterocycles. The Balaban J connectivity index is 3.41. The van der Waals surface area contributed by atoms with E-state index in [1.165, 1.54) is 0 Å². The van der Waals surface area contributed by atoms with E-state index in [2.05, 4.69) is 0 Å². The third-order valence-corrected chi connectivity index (χ3v) is 3.54. The van der Waals surface area contributed by atoms with E-state index in [0.717, 1.165) is 25.0 Å². The van der Waals surface area contributed by atoms with E-state index in [1.54, 1.807) is 0 Å². The van der Waals surface area contributed by atoms with Crippen LogP contribution in [0.5, 0.6) is 0 Å². The van der Waals surface area contributed by atoms with E-state index in [9.17, 15) is 29.4 Å². The molecule has 1 rings (SSSR count). The van der Waals surface area contributed by atoms with Crippen molar-refractivity contribution in [2.24, 2.45) is 0 Å². The van der Waals surface area contributed by atoms with Crippen LogP contribution in [0, 0.1) is 0 Å². The average molecular weight is 366 g/mol. The van der Waals surface area contributed by atoms with Gasteiger partial charge in [-0.2, -0.15) is 0 Å². The number of hydrogen-bond acceptors (Lipinski definition) is 6. The molecule has 0 bridgehead atoms. The first kappa shape index (κ1) is 21.1. The summed E-state index contributed by atoms with van der Waals surface area (Å²) in [4.78, 5) is 47.6. The third kappa shape index (κ3) is 5.30. The minimum absolute atomic E-state index is 0.0238. The second-order valence-electron chi connectivity index (χ2n) is 5.50. The molecule has 26 heavy (non-hydrogen) atoms. The van der Waals surface area contributed by atoms with Gasteiger partial charge in [-0.05, 0) is 25.0 Å². The molecule has 0 saturated heterocycles. The smallest absolute Gasteiger partial charge is 0.339 e. The van der Waals surface area contributed by atoms with Gasteiger partial charge in [0.1, 0.15) is 0 Å². The highest BCUT2D eigenvalue weighted by atomic mass is 16.5. The number of carboxylic acids is 2. The molecular weight excluding hydrogens is 344 g/mol. The Bertz CT molecular complexity index is 693. The number of benzene rings is 1. The van der Waals surface area contributed by atoms with Crippen LogP contribution in [0.3, 0.4) is 0 Å². The van der Waals surface area contributed by atoms with E-state index < -0.39 is 40.6 Å². The number of ether oxygens (including phenoxy) is 2. The summed E-state index contributed by atoms with van der Waals surface area (Å²) in [5.74, 6) is -5.15. The van der Waals surface area contributed by atoms with Crippen LogP contribution in [-0.4, -0.2) is 47.3 Å². The van der Waals surface area contributed by atoms with Crippen LogP contribution in [0.15, 0.2) is 12.1 Å². The van der Waals surface area contributed by atoms with E-state index in [1.807, 2.05) is 13.8 Å². The van der Waals surface area contributed by atoms with E-state index in [-0.39, 0.29) is 18.8 Å². The first-order valence-electron chi connectivity index (χ1n) is 8.32. The summed E-state index contributed by atoms with van der Waals surface area (Å²) in [5, 5.41) is 18.6. The summed E-state index contributed by atoms with van der Waals surface area (Å²) in [5.41, 5.74) is -2.33. The van der Waals surface area contributed by atoms with Crippen LogP contribution in [-0.2, 0) is 9.47 Å². The van der Waals surface area contributed by atoms with Crippen LogP contribution in [0.1, 0.15) is 81.0 Å². The molecule has 0 fully saturated rings. The van der Waals surface area contributed by atoms with Crippen molar-refractivity contribution >= 4 is 23.9 Å². The number of carbonyl (C=O) groups is 4. The molecule has 8 heteroatoms. The van der Waals surface area contributed by atoms with Gasteiger partial charge in [-0.3, -0.25) is 0 Å². The monoisotopic (exact) mass is 366 g/mol. The van der Waals surface area contributed by atoms with Gasteiger partial charge in [-0.25, -0.2) is 19.2 Å². The van der Waals surface area contributed by atoms with Crippen molar-refractivity contribution in [1.29, 1.82) is 0 Å². The predicted octanol–water partition coefficient (Wildman–Crippen LogP) is 3.00. The number of esters is 2. The van der Waals surface area contributed by atoms with Crippen LogP contribution in [0.4, 0.5) is 0 Å². The first-order valence-corrected chi connectivity index (χ1v) is 8.32. The van der Waals surface area contributed by atoms with Crippen LogP contribution >= 0.6 is 0 Å². The summed E-state index contributed by atoms with van der Waals surface area (Å²) in [6, 6.07) is 2.03. The molecule has 2 N–H and O–H groups in total. The lowest BCUT2D eigenvalue weighted by atomic mass is 9.95. The van der Waals surface area contributed by atoms with E-state index in [0.29, 0.717) is 12.8 Å². The van der Waals surface area contributed by atoms with E-state index in [4.69, 9.17) is 9.47 Å². The third-order valence-electron chi connectivity index (χ3n) is 3.54. The van der Waals surface area contributed by atoms with Crippen molar-refractivity contribution in [3.05, 3.63) is 34.4 Å². The zero-order chi connectivity index (χ0) is 19.7. The predicted molar refractivity (Wildman–Crippen MR) is 90.7 cm³/mol. The molecule has 0 saturated carbocycles. The Labute approximate surface area is 150 Å². The summed E-state index contributed by atoms with van der Waals surface area (Å²) >= 11 is 0. The van der Waals surface area contributed by atoms with Gasteiger partial charge in [0, 0.05) is 0 Å². The Morgan fingerprint density at radius 1 is 0.769 bits per heavy atom. The Morgan fingerprint density at radius 2 is 1.27 bits per heavy atom. The van der Waals surface area contributed by atoms with Gasteiger partial charge in [0.15, 0.2) is 0 Å². The van der Waals surface area contributed by atoms with Gasteiger partial charge >= 0.3 is 23.9 Å². The van der Waals surface area contributed by atoms with Gasteiger partial charge in [-0.15, -0.1) is 0 Å². The summed E-state index contributed by atoms with van der Waals surface area (Å²) in [7, 11) is 0. The van der Waals surface area contributed by atoms with Crippen molar-refractivity contribution in [3.8, 4) is 0 Å². The highest BCUT2D eigenvalue weighted by Gasteiger charge is 2.31. The molecule has 0 spiro atoms. The number of carbonyl (C=O) groups excluding carboxylic acids is 2. The van der Waals surface area contributed by atoms with Crippen LogP contribution < -0.4 is 0 Å². The highest BCUT2D eigenvalue weighted by molar-refractivity contribution is 6.14. The van der Waals surface area contributed by atoms with E-state index >= 15 is 0 Å². The molecule has 0 atom stereocenters. The molecule has 0 aromatic heterocycles. The van der Waals surface area contributed by atoms with Crippen molar-refractivity contribution in [2.75, 3.05) is 13.2 Å². The van der Waals surface area contributed by atoms with Crippen molar-refractivity contribution in [2.45, 2.75) is 39.5 Å². The zero-order valence-electron chi connectivity index (χ0n) is 14.7. The first-order chi connectivity index (χ1) is 12.3. The minimum Gasteiger partial charge on any atom is -0.478 e. The second-order valence-corrected chi connectivity index (χ2v) is 5.50. The Morgan fingerprint density at radius 3 is 1.73 bits per heavy atom. The topological polar surface area (TPSA) is 127 Å². The number of hydrogen-bond donors (Lipinski definition) is 2. The molecule has 8 nitrogen and oxygen atoms in total. The lowest BCUT2D eigenvalue weighted by Crippen LogP contribution is -2.22. The molecule has 0 radical (unpaired) electrons. The van der Waals surface area contributed by atoms with Crippen molar-refractivity contribution in [3.63, 3.8) is 0 Å². The van der Waals surface area contributed by atoms with Gasteiger partial charge < -0.3 is 19.7 Å². The van der Waals surface area contributed by atoms with Gasteiger partial charge in [0.25, 0.3) is 0 Å². The molecule has 1 aromatic rings. The normalized spacial score (nSPS) is 10.2.